The molecule has 17 heavy (non-hydrogen) atoms. The zero-order chi connectivity index (χ0) is 12.3. The number of hydrogen-bond acceptors (Lipinski definition) is 3. The highest BCUT2D eigenvalue weighted by Crippen LogP contribution is 2.29. The van der Waals surface area contributed by atoms with Gasteiger partial charge in [-0.1, -0.05) is 0 Å². The summed E-state index contributed by atoms with van der Waals surface area (Å²) < 4.78 is 0. The van der Waals surface area contributed by atoms with E-state index in [0.29, 0.717) is 13.0 Å². The molecule has 1 aliphatic rings. The van der Waals surface area contributed by atoms with Crippen molar-refractivity contribution in [1.82, 2.24) is 0 Å². The second-order valence-corrected chi connectivity index (χ2v) is 4.36. The van der Waals surface area contributed by atoms with Crippen molar-refractivity contribution in [3.63, 3.8) is 0 Å². The second-order valence-electron chi connectivity index (χ2n) is 4.36. The van der Waals surface area contributed by atoms with Gasteiger partial charge in [-0.2, -0.15) is 0 Å². The molecule has 0 unspecified atom stereocenters. The number of unbranched alkanes of at least 4 members (excludes halogenated alkanes) is 1. The predicted octanol–water partition coefficient (Wildman–Crippen LogP) is 1.32. The van der Waals surface area contributed by atoms with Crippen molar-refractivity contribution in [1.29, 1.82) is 0 Å². The summed E-state index contributed by atoms with van der Waals surface area (Å²) in [5.74, 6) is 0.167. The number of hydrogen-bond donors (Lipinski definition) is 2. The first kappa shape index (κ1) is 11.9. The van der Waals surface area contributed by atoms with Gasteiger partial charge in [-0.25, -0.2) is 0 Å². The van der Waals surface area contributed by atoms with Crippen LogP contribution in [0.2, 0.25) is 0 Å². The van der Waals surface area contributed by atoms with Gasteiger partial charge >= 0.3 is 0 Å². The lowest BCUT2D eigenvalue weighted by Crippen LogP contribution is -2.36. The number of aliphatic hydroxyl groups is 1. The highest BCUT2D eigenvalue weighted by molar-refractivity contribution is 5.96. The number of amides is 1. The molecule has 1 aliphatic heterocycles. The maximum Gasteiger partial charge on any atom is 0.227 e. The Bertz CT molecular complexity index is 418. The number of rotatable bonds is 4. The van der Waals surface area contributed by atoms with Gasteiger partial charge in [0.1, 0.15) is 0 Å². The lowest BCUT2D eigenvalue weighted by molar-refractivity contribution is -0.118. The van der Waals surface area contributed by atoms with E-state index in [-0.39, 0.29) is 12.5 Å². The summed E-state index contributed by atoms with van der Waals surface area (Å²) in [5, 5.41) is 8.77. The third kappa shape index (κ3) is 2.58. The smallest absolute Gasteiger partial charge is 0.227 e. The van der Waals surface area contributed by atoms with Crippen LogP contribution in [0.25, 0.3) is 0 Å². The molecule has 0 aromatic heterocycles. The number of nitrogen functional groups attached to an aromatic ring is 1. The number of aryl methyl sites for hydroxylation is 1. The molecule has 4 heteroatoms. The van der Waals surface area contributed by atoms with Crippen molar-refractivity contribution in [2.75, 3.05) is 23.8 Å². The van der Waals surface area contributed by atoms with Crippen LogP contribution in [0, 0.1) is 0 Å². The molecule has 1 heterocycles. The fourth-order valence-corrected chi connectivity index (χ4v) is 2.21. The monoisotopic (exact) mass is 234 g/mol. The highest BCUT2D eigenvalue weighted by Gasteiger charge is 2.23. The Labute approximate surface area is 101 Å². The van der Waals surface area contributed by atoms with E-state index >= 15 is 0 Å². The Kier molecular flexibility index (Phi) is 3.64. The Balaban J connectivity index is 2.18. The SMILES string of the molecule is Nc1ccc2c(c1)CCC(=O)N2CCCCO. The molecule has 92 valence electrons. The van der Waals surface area contributed by atoms with Gasteiger partial charge in [0.2, 0.25) is 5.91 Å². The largest absolute Gasteiger partial charge is 0.399 e. The maximum absolute atomic E-state index is 11.9. The molecule has 1 aromatic carbocycles. The van der Waals surface area contributed by atoms with E-state index in [1.54, 1.807) is 0 Å². The summed E-state index contributed by atoms with van der Waals surface area (Å²) in [6.07, 6.45) is 2.88. The summed E-state index contributed by atoms with van der Waals surface area (Å²) in [6.45, 7) is 0.854. The summed E-state index contributed by atoms with van der Waals surface area (Å²) >= 11 is 0. The third-order valence-corrected chi connectivity index (χ3v) is 3.09. The van der Waals surface area contributed by atoms with Crippen molar-refractivity contribution < 1.29 is 9.90 Å². The first-order valence-electron chi connectivity index (χ1n) is 6.02. The van der Waals surface area contributed by atoms with E-state index < -0.39 is 0 Å². The highest BCUT2D eigenvalue weighted by atomic mass is 16.3. The first-order valence-corrected chi connectivity index (χ1v) is 6.02. The molecule has 0 fully saturated rings. The van der Waals surface area contributed by atoms with Gasteiger partial charge in [-0.3, -0.25) is 4.79 Å². The van der Waals surface area contributed by atoms with Gasteiger partial charge < -0.3 is 15.7 Å². The maximum atomic E-state index is 11.9. The minimum Gasteiger partial charge on any atom is -0.399 e. The average molecular weight is 234 g/mol. The van der Waals surface area contributed by atoms with Gasteiger partial charge in [0, 0.05) is 30.9 Å². The molecule has 2 rings (SSSR count). The molecule has 0 atom stereocenters. The third-order valence-electron chi connectivity index (χ3n) is 3.09. The molecular weight excluding hydrogens is 216 g/mol. The number of benzene rings is 1. The molecule has 0 saturated carbocycles. The van der Waals surface area contributed by atoms with Crippen LogP contribution < -0.4 is 10.6 Å². The van der Waals surface area contributed by atoms with Crippen LogP contribution in [0.15, 0.2) is 18.2 Å². The quantitative estimate of drug-likeness (QED) is 0.610. The van der Waals surface area contributed by atoms with Crippen LogP contribution in [0.4, 0.5) is 11.4 Å². The average Bonchev–Trinajstić information content (AvgIpc) is 2.32. The minimum absolute atomic E-state index is 0.167. The molecule has 3 N–H and O–H groups in total. The number of carbonyl (C=O) groups is 1. The molecule has 0 radical (unpaired) electrons. The second kappa shape index (κ2) is 5.19. The molecule has 1 amide bonds. The molecule has 0 aliphatic carbocycles. The molecule has 1 aromatic rings. The molecule has 0 spiro atoms. The number of anilines is 2. The molecule has 0 saturated heterocycles. The normalized spacial score (nSPS) is 14.9. The zero-order valence-corrected chi connectivity index (χ0v) is 9.85. The summed E-state index contributed by atoms with van der Waals surface area (Å²) in [7, 11) is 0. The van der Waals surface area contributed by atoms with Gasteiger partial charge in [0.05, 0.1) is 0 Å². The Morgan fingerprint density at radius 2 is 2.12 bits per heavy atom. The number of fused-ring (bicyclic) bond motifs is 1. The first-order chi connectivity index (χ1) is 8.22. The molecule has 0 bridgehead atoms. The summed E-state index contributed by atoms with van der Waals surface area (Å²) in [4.78, 5) is 13.7. The van der Waals surface area contributed by atoms with Crippen LogP contribution in [0.1, 0.15) is 24.8 Å². The van der Waals surface area contributed by atoms with Crippen LogP contribution in [0.5, 0.6) is 0 Å². The van der Waals surface area contributed by atoms with Crippen molar-refractivity contribution >= 4 is 17.3 Å². The van der Waals surface area contributed by atoms with Crippen LogP contribution >= 0.6 is 0 Å². The fourth-order valence-electron chi connectivity index (χ4n) is 2.21. The van der Waals surface area contributed by atoms with E-state index in [0.717, 1.165) is 36.2 Å². The van der Waals surface area contributed by atoms with Gasteiger partial charge in [-0.15, -0.1) is 0 Å². The van der Waals surface area contributed by atoms with Gasteiger partial charge in [0.15, 0.2) is 0 Å². The lowest BCUT2D eigenvalue weighted by atomic mass is 10.00. The predicted molar refractivity (Wildman–Crippen MR) is 67.8 cm³/mol. The van der Waals surface area contributed by atoms with Crippen molar-refractivity contribution in [3.05, 3.63) is 23.8 Å². The number of nitrogens with two attached hydrogens (primary N) is 1. The summed E-state index contributed by atoms with van der Waals surface area (Å²) in [6, 6.07) is 5.69. The Morgan fingerprint density at radius 3 is 2.88 bits per heavy atom. The fraction of sp³-hybridized carbons (Fsp3) is 0.462. The number of carbonyl (C=O) groups excluding carboxylic acids is 1. The lowest BCUT2D eigenvalue weighted by Gasteiger charge is -2.29. The van der Waals surface area contributed by atoms with Crippen LogP contribution in [-0.2, 0) is 11.2 Å². The van der Waals surface area contributed by atoms with Crippen molar-refractivity contribution in [2.24, 2.45) is 0 Å². The van der Waals surface area contributed by atoms with E-state index in [1.165, 1.54) is 0 Å². The van der Waals surface area contributed by atoms with E-state index in [2.05, 4.69) is 0 Å². The Hall–Kier alpha value is -1.55. The van der Waals surface area contributed by atoms with Gasteiger partial charge in [-0.05, 0) is 43.0 Å². The van der Waals surface area contributed by atoms with Crippen molar-refractivity contribution in [2.45, 2.75) is 25.7 Å². The molecule has 4 nitrogen and oxygen atoms in total. The molecular formula is C13H18N2O2. The van der Waals surface area contributed by atoms with Crippen LogP contribution in [-0.4, -0.2) is 24.2 Å². The van der Waals surface area contributed by atoms with Gasteiger partial charge in [0.25, 0.3) is 0 Å². The Morgan fingerprint density at radius 1 is 1.29 bits per heavy atom. The number of nitrogens with zero attached hydrogens (tertiary/aromatic N) is 1. The van der Waals surface area contributed by atoms with E-state index in [1.807, 2.05) is 23.1 Å². The van der Waals surface area contributed by atoms with E-state index in [4.69, 9.17) is 10.8 Å². The minimum atomic E-state index is 0.167. The van der Waals surface area contributed by atoms with E-state index in [9.17, 15) is 4.79 Å². The number of aliphatic hydroxyl groups excluding tert-OH is 1. The van der Waals surface area contributed by atoms with Crippen LogP contribution in [0.3, 0.4) is 0 Å². The standard InChI is InChI=1S/C13H18N2O2/c14-11-4-5-12-10(9-11)3-6-13(17)15(12)7-1-2-8-16/h4-5,9,16H,1-3,6-8,14H2. The topological polar surface area (TPSA) is 66.6 Å². The zero-order valence-electron chi connectivity index (χ0n) is 9.85. The summed E-state index contributed by atoms with van der Waals surface area (Å²) in [5.41, 5.74) is 8.62. The van der Waals surface area contributed by atoms with Crippen molar-refractivity contribution in [3.8, 4) is 0 Å².